The largest absolute Gasteiger partial charge is 0.573 e. The molecule has 5 nitrogen and oxygen atoms in total. The van der Waals surface area contributed by atoms with Crippen LogP contribution in [0.15, 0.2) is 72.8 Å². The highest BCUT2D eigenvalue weighted by atomic mass is 19.4. The monoisotopic (exact) mass is 553 g/mol. The number of halogens is 6. The van der Waals surface area contributed by atoms with Gasteiger partial charge in [-0.2, -0.15) is 0 Å². The van der Waals surface area contributed by atoms with Crippen molar-refractivity contribution >= 4 is 6.29 Å². The van der Waals surface area contributed by atoms with Gasteiger partial charge in [-0.05, 0) is 72.8 Å². The Kier molecular flexibility index (Phi) is 8.22. The number of carbonyl (C=O) groups is 1. The first-order valence-electron chi connectivity index (χ1n) is 12.1. The zero-order valence-electron chi connectivity index (χ0n) is 20.5. The molecule has 0 unspecified atom stereocenters. The van der Waals surface area contributed by atoms with Gasteiger partial charge in [-0.15, -0.1) is 26.3 Å². The smallest absolute Gasteiger partial charge is 0.406 e. The van der Waals surface area contributed by atoms with E-state index in [-0.39, 0.29) is 11.1 Å². The van der Waals surface area contributed by atoms with E-state index in [1.54, 1.807) is 12.1 Å². The quantitative estimate of drug-likeness (QED) is 0.257. The number of hydrogen-bond donors (Lipinski definition) is 1. The van der Waals surface area contributed by atoms with Crippen LogP contribution in [0.25, 0.3) is 0 Å². The van der Waals surface area contributed by atoms with Crippen molar-refractivity contribution in [3.8, 4) is 11.5 Å². The van der Waals surface area contributed by atoms with E-state index in [0.717, 1.165) is 36.1 Å². The summed E-state index contributed by atoms with van der Waals surface area (Å²) in [7, 11) is 0. The second-order valence-electron chi connectivity index (χ2n) is 9.32. The molecule has 0 aromatic heterocycles. The number of rotatable bonds is 8. The third-order valence-corrected chi connectivity index (χ3v) is 6.76. The second kappa shape index (κ2) is 11.3. The molecule has 0 atom stereocenters. The van der Waals surface area contributed by atoms with Gasteiger partial charge in [-0.1, -0.05) is 48.5 Å². The van der Waals surface area contributed by atoms with E-state index in [1.807, 2.05) is 12.1 Å². The van der Waals surface area contributed by atoms with Crippen LogP contribution in [0.5, 0.6) is 11.5 Å². The molecule has 0 spiro atoms. The van der Waals surface area contributed by atoms with Gasteiger partial charge in [0.05, 0.1) is 0 Å². The van der Waals surface area contributed by atoms with E-state index >= 15 is 0 Å². The normalized spacial score (nSPS) is 15.7. The summed E-state index contributed by atoms with van der Waals surface area (Å²) in [4.78, 5) is 13.1. The first-order chi connectivity index (χ1) is 18.4. The molecule has 1 fully saturated rings. The fourth-order valence-electron chi connectivity index (χ4n) is 4.93. The lowest BCUT2D eigenvalue weighted by Crippen LogP contribution is -2.44. The van der Waals surface area contributed by atoms with Crippen LogP contribution in [0, 0.1) is 5.92 Å². The number of carbonyl (C=O) groups excluding carboxylic acids is 1. The molecule has 3 aromatic carbocycles. The fraction of sp³-hybridized carbons (Fsp3) is 0.321. The first kappa shape index (κ1) is 28.4. The third-order valence-electron chi connectivity index (χ3n) is 6.76. The minimum Gasteiger partial charge on any atom is -0.406 e. The molecule has 0 saturated carbocycles. The van der Waals surface area contributed by atoms with Crippen LogP contribution < -0.4 is 9.47 Å². The Labute approximate surface area is 220 Å². The number of hydrogen-bond acceptors (Lipinski definition) is 5. The van der Waals surface area contributed by atoms with E-state index in [0.29, 0.717) is 38.0 Å². The number of benzene rings is 3. The average molecular weight is 553 g/mol. The Morgan fingerprint density at radius 2 is 1.18 bits per heavy atom. The summed E-state index contributed by atoms with van der Waals surface area (Å²) in [6.07, 6.45) is -7.99. The molecule has 1 saturated heterocycles. The van der Waals surface area contributed by atoms with Crippen LogP contribution >= 0.6 is 0 Å². The van der Waals surface area contributed by atoms with E-state index in [9.17, 15) is 36.2 Å². The number of piperidine rings is 1. The average Bonchev–Trinajstić information content (AvgIpc) is 2.88. The molecular weight excluding hydrogens is 528 g/mol. The Morgan fingerprint density at radius 3 is 1.56 bits per heavy atom. The third kappa shape index (κ3) is 7.30. The molecule has 208 valence electrons. The van der Waals surface area contributed by atoms with Crippen LogP contribution in [0.3, 0.4) is 0 Å². The van der Waals surface area contributed by atoms with Crippen molar-refractivity contribution in [2.24, 2.45) is 5.92 Å². The lowest BCUT2D eigenvalue weighted by Gasteiger charge is -2.42. The van der Waals surface area contributed by atoms with E-state index in [1.165, 1.54) is 24.3 Å². The van der Waals surface area contributed by atoms with Gasteiger partial charge in [-0.25, -0.2) is 0 Å². The van der Waals surface area contributed by atoms with Crippen molar-refractivity contribution in [1.29, 1.82) is 0 Å². The molecule has 0 amide bonds. The standard InChI is InChI=1S/C28H25F6NO4/c29-27(30,31)38-24-9-5-21(6-10-24)26(37,22-7-11-25(12-8-22)39-28(32,33)34)23-13-15-35(16-14-23)17-19-1-3-20(18-36)4-2-19/h1-12,18,23,37H,13-17H2. The maximum Gasteiger partial charge on any atom is 0.573 e. The van der Waals surface area contributed by atoms with Crippen molar-refractivity contribution in [3.05, 3.63) is 95.1 Å². The van der Waals surface area contributed by atoms with Crippen LogP contribution in [-0.4, -0.2) is 42.1 Å². The van der Waals surface area contributed by atoms with Crippen LogP contribution in [0.2, 0.25) is 0 Å². The SMILES string of the molecule is O=Cc1ccc(CN2CCC(C(O)(c3ccc(OC(F)(F)F)cc3)c3ccc(OC(F)(F)F)cc3)CC2)cc1. The molecule has 39 heavy (non-hydrogen) atoms. The zero-order valence-corrected chi connectivity index (χ0v) is 20.5. The summed E-state index contributed by atoms with van der Waals surface area (Å²) in [5.74, 6) is -1.31. The van der Waals surface area contributed by atoms with Gasteiger partial charge in [0.15, 0.2) is 0 Å². The molecule has 0 bridgehead atoms. The second-order valence-corrected chi connectivity index (χ2v) is 9.32. The van der Waals surface area contributed by atoms with Gasteiger partial charge in [0.25, 0.3) is 0 Å². The fourth-order valence-corrected chi connectivity index (χ4v) is 4.93. The number of alkyl halides is 6. The van der Waals surface area contributed by atoms with Gasteiger partial charge in [0.1, 0.15) is 23.4 Å². The maximum absolute atomic E-state index is 12.6. The van der Waals surface area contributed by atoms with Crippen molar-refractivity contribution < 1.29 is 45.7 Å². The van der Waals surface area contributed by atoms with Crippen LogP contribution in [0.1, 0.15) is 39.9 Å². The van der Waals surface area contributed by atoms with Crippen molar-refractivity contribution in [1.82, 2.24) is 4.90 Å². The molecule has 0 radical (unpaired) electrons. The lowest BCUT2D eigenvalue weighted by atomic mass is 9.72. The summed E-state index contributed by atoms with van der Waals surface area (Å²) in [5.41, 5.74) is 0.440. The first-order valence-corrected chi connectivity index (χ1v) is 12.1. The summed E-state index contributed by atoms with van der Waals surface area (Å²) in [6, 6.07) is 16.8. The Balaban J connectivity index is 1.57. The maximum atomic E-state index is 12.6. The summed E-state index contributed by atoms with van der Waals surface area (Å²) in [5, 5.41) is 12.1. The Hall–Kier alpha value is -3.57. The lowest BCUT2D eigenvalue weighted by molar-refractivity contribution is -0.275. The number of aliphatic hydroxyl groups is 1. The van der Waals surface area contributed by atoms with Gasteiger partial charge in [-0.3, -0.25) is 9.69 Å². The highest BCUT2D eigenvalue weighted by Gasteiger charge is 2.42. The minimum absolute atomic E-state index is 0.282. The molecule has 4 rings (SSSR count). The number of ether oxygens (including phenoxy) is 2. The van der Waals surface area contributed by atoms with Crippen molar-refractivity contribution in [3.63, 3.8) is 0 Å². The molecule has 1 aliphatic rings. The molecule has 1 heterocycles. The van der Waals surface area contributed by atoms with Crippen molar-refractivity contribution in [2.45, 2.75) is 37.7 Å². The minimum atomic E-state index is -4.88. The van der Waals surface area contributed by atoms with Crippen molar-refractivity contribution in [2.75, 3.05) is 13.1 Å². The number of nitrogens with zero attached hydrogens (tertiary/aromatic N) is 1. The van der Waals surface area contributed by atoms with Gasteiger partial charge in [0.2, 0.25) is 0 Å². The topological polar surface area (TPSA) is 59.0 Å². The number of likely N-dealkylation sites (tertiary alicyclic amines) is 1. The van der Waals surface area contributed by atoms with Gasteiger partial charge in [0, 0.05) is 12.1 Å². The molecular formula is C28H25F6NO4. The van der Waals surface area contributed by atoms with E-state index < -0.39 is 35.7 Å². The van der Waals surface area contributed by atoms with Crippen LogP contribution in [-0.2, 0) is 12.1 Å². The van der Waals surface area contributed by atoms with Gasteiger partial charge < -0.3 is 14.6 Å². The van der Waals surface area contributed by atoms with Crippen LogP contribution in [0.4, 0.5) is 26.3 Å². The molecule has 11 heteroatoms. The predicted molar refractivity (Wildman–Crippen MR) is 129 cm³/mol. The molecule has 0 aliphatic carbocycles. The Bertz CT molecular complexity index is 1170. The molecule has 1 aliphatic heterocycles. The van der Waals surface area contributed by atoms with E-state index in [4.69, 9.17) is 0 Å². The highest BCUT2D eigenvalue weighted by Crippen LogP contribution is 2.43. The predicted octanol–water partition coefficient (Wildman–Crippen LogP) is 6.44. The molecule has 3 aromatic rings. The highest BCUT2D eigenvalue weighted by molar-refractivity contribution is 5.74. The zero-order chi connectivity index (χ0) is 28.3. The van der Waals surface area contributed by atoms with E-state index in [2.05, 4.69) is 14.4 Å². The van der Waals surface area contributed by atoms with Gasteiger partial charge >= 0.3 is 12.7 Å². The molecule has 1 N–H and O–H groups in total. The summed E-state index contributed by atoms with van der Waals surface area (Å²) in [6.45, 7) is 1.80. The summed E-state index contributed by atoms with van der Waals surface area (Å²) < 4.78 is 83.7. The Morgan fingerprint density at radius 1 is 0.744 bits per heavy atom. The number of aldehydes is 1. The summed E-state index contributed by atoms with van der Waals surface area (Å²) >= 11 is 0.